The van der Waals surface area contributed by atoms with Crippen LogP contribution in [0.1, 0.15) is 50.8 Å². The van der Waals surface area contributed by atoms with Crippen LogP contribution in [0.5, 0.6) is 0 Å². The van der Waals surface area contributed by atoms with Crippen molar-refractivity contribution in [3.63, 3.8) is 0 Å². The normalized spacial score (nSPS) is 25.7. The van der Waals surface area contributed by atoms with Gasteiger partial charge in [0.2, 0.25) is 0 Å². The SMILES string of the molecule is COC[C@@H]1CCCN1C(=O)C1=C(C(C)C)N2C(=N[C@@](C)(c3ccc(Cl)cc3)[C@H]2c2ccc(Cl)cc2)S1. The first-order chi connectivity index (χ1) is 17.2. The third-order valence-corrected chi connectivity index (χ3v) is 8.93. The van der Waals surface area contributed by atoms with E-state index in [2.05, 4.69) is 37.8 Å². The van der Waals surface area contributed by atoms with E-state index in [9.17, 15) is 4.79 Å². The highest BCUT2D eigenvalue weighted by Gasteiger charge is 2.53. The number of carbonyl (C=O) groups is 1. The predicted octanol–water partition coefficient (Wildman–Crippen LogP) is 6.87. The summed E-state index contributed by atoms with van der Waals surface area (Å²) in [6.07, 6.45) is 1.97. The standard InChI is InChI=1S/C28H31Cl2N3O2S/c1-17(2)23-24(26(34)32-15-5-6-22(32)16-35-4)36-27-31-28(3,19-9-13-21(30)14-10-19)25(33(23)27)18-7-11-20(29)12-8-18/h7-14,17,22,25H,5-6,15-16H2,1-4H3/t22-,25+,28-/m0/s1. The summed E-state index contributed by atoms with van der Waals surface area (Å²) < 4.78 is 5.42. The monoisotopic (exact) mass is 543 g/mol. The molecule has 1 saturated heterocycles. The second-order valence-corrected chi connectivity index (χ2v) is 11.9. The van der Waals surface area contributed by atoms with E-state index in [0.717, 1.165) is 46.3 Å². The zero-order valence-corrected chi connectivity index (χ0v) is 23.3. The van der Waals surface area contributed by atoms with Gasteiger partial charge in [0, 0.05) is 29.4 Å². The molecule has 36 heavy (non-hydrogen) atoms. The molecule has 1 fully saturated rings. The maximum absolute atomic E-state index is 13.9. The summed E-state index contributed by atoms with van der Waals surface area (Å²) in [6, 6.07) is 15.9. The van der Waals surface area contributed by atoms with Gasteiger partial charge in [-0.05, 0) is 72.8 Å². The number of likely N-dealkylation sites (tertiary alicyclic amines) is 1. The molecule has 3 atom stereocenters. The lowest BCUT2D eigenvalue weighted by Gasteiger charge is -2.37. The minimum Gasteiger partial charge on any atom is -0.383 e. The zero-order valence-electron chi connectivity index (χ0n) is 21.0. The van der Waals surface area contributed by atoms with E-state index < -0.39 is 5.54 Å². The van der Waals surface area contributed by atoms with Crippen molar-refractivity contribution in [1.29, 1.82) is 0 Å². The molecule has 190 valence electrons. The highest BCUT2D eigenvalue weighted by Crippen LogP contribution is 2.56. The number of rotatable bonds is 6. The fourth-order valence-electron chi connectivity index (χ4n) is 5.66. The first-order valence-electron chi connectivity index (χ1n) is 12.4. The van der Waals surface area contributed by atoms with Crippen molar-refractivity contribution in [3.05, 3.63) is 80.3 Å². The number of benzene rings is 2. The van der Waals surface area contributed by atoms with E-state index in [1.165, 1.54) is 11.8 Å². The lowest BCUT2D eigenvalue weighted by atomic mass is 9.81. The molecule has 3 heterocycles. The van der Waals surface area contributed by atoms with Crippen LogP contribution in [-0.4, -0.2) is 47.2 Å². The van der Waals surface area contributed by atoms with Gasteiger partial charge in [0.25, 0.3) is 5.91 Å². The van der Waals surface area contributed by atoms with Crippen molar-refractivity contribution in [2.75, 3.05) is 20.3 Å². The molecule has 3 aliphatic heterocycles. The summed E-state index contributed by atoms with van der Waals surface area (Å²) in [5, 5.41) is 2.25. The minimum absolute atomic E-state index is 0.0865. The van der Waals surface area contributed by atoms with Crippen LogP contribution in [-0.2, 0) is 15.1 Å². The molecular formula is C28H31Cl2N3O2S. The van der Waals surface area contributed by atoms with Gasteiger partial charge in [-0.1, -0.05) is 61.3 Å². The van der Waals surface area contributed by atoms with Crippen LogP contribution in [0.3, 0.4) is 0 Å². The number of amides is 1. The number of allylic oxidation sites excluding steroid dienone is 1. The van der Waals surface area contributed by atoms with Crippen LogP contribution in [0.4, 0.5) is 0 Å². The Bertz CT molecular complexity index is 1210. The van der Waals surface area contributed by atoms with E-state index in [0.29, 0.717) is 16.7 Å². The predicted molar refractivity (Wildman–Crippen MR) is 148 cm³/mol. The number of methoxy groups -OCH3 is 1. The number of nitrogens with zero attached hydrogens (tertiary/aromatic N) is 3. The van der Waals surface area contributed by atoms with Crippen molar-refractivity contribution >= 4 is 46.0 Å². The van der Waals surface area contributed by atoms with Gasteiger partial charge in [0.15, 0.2) is 5.17 Å². The van der Waals surface area contributed by atoms with Crippen LogP contribution in [0.2, 0.25) is 10.0 Å². The Balaban J connectivity index is 1.61. The number of fused-ring (bicyclic) bond motifs is 1. The number of thioether (sulfide) groups is 1. The van der Waals surface area contributed by atoms with Crippen molar-refractivity contribution in [1.82, 2.24) is 9.80 Å². The fraction of sp³-hybridized carbons (Fsp3) is 0.429. The minimum atomic E-state index is -0.568. The number of carbonyl (C=O) groups excluding carboxylic acids is 1. The molecule has 0 N–H and O–H groups in total. The Morgan fingerprint density at radius 2 is 1.78 bits per heavy atom. The summed E-state index contributed by atoms with van der Waals surface area (Å²) in [5.41, 5.74) is 2.64. The number of hydrogen-bond acceptors (Lipinski definition) is 5. The molecule has 0 spiro atoms. The molecule has 0 aromatic heterocycles. The van der Waals surface area contributed by atoms with Gasteiger partial charge in [-0.3, -0.25) is 4.79 Å². The highest BCUT2D eigenvalue weighted by molar-refractivity contribution is 8.18. The maximum atomic E-state index is 13.9. The van der Waals surface area contributed by atoms with Gasteiger partial charge in [0.1, 0.15) is 10.4 Å². The van der Waals surface area contributed by atoms with E-state index in [4.69, 9.17) is 32.9 Å². The molecule has 2 aromatic carbocycles. The largest absolute Gasteiger partial charge is 0.383 e. The van der Waals surface area contributed by atoms with Crippen LogP contribution >= 0.6 is 35.0 Å². The molecule has 8 heteroatoms. The van der Waals surface area contributed by atoms with Crippen LogP contribution < -0.4 is 0 Å². The van der Waals surface area contributed by atoms with E-state index in [1.807, 2.05) is 41.3 Å². The Kier molecular flexibility index (Phi) is 7.16. The molecule has 2 aromatic rings. The molecule has 5 rings (SSSR count). The Hall–Kier alpha value is -1.99. The molecule has 1 amide bonds. The molecule has 0 bridgehead atoms. The van der Waals surface area contributed by atoms with Crippen molar-refractivity contribution in [3.8, 4) is 0 Å². The second-order valence-electron chi connectivity index (χ2n) is 10.1. The summed E-state index contributed by atoms with van der Waals surface area (Å²) in [6.45, 7) is 7.79. The highest BCUT2D eigenvalue weighted by atomic mass is 35.5. The van der Waals surface area contributed by atoms with Crippen LogP contribution in [0.15, 0.2) is 64.1 Å². The fourth-order valence-corrected chi connectivity index (χ4v) is 7.28. The number of hydrogen-bond donors (Lipinski definition) is 0. The van der Waals surface area contributed by atoms with Gasteiger partial charge in [-0.2, -0.15) is 0 Å². The summed E-state index contributed by atoms with van der Waals surface area (Å²) in [7, 11) is 1.70. The average Bonchev–Trinajstić information content (AvgIpc) is 3.52. The third kappa shape index (κ3) is 4.36. The first-order valence-corrected chi connectivity index (χ1v) is 13.9. The lowest BCUT2D eigenvalue weighted by molar-refractivity contribution is -0.128. The van der Waals surface area contributed by atoms with Gasteiger partial charge in [-0.25, -0.2) is 4.99 Å². The average molecular weight is 545 g/mol. The first kappa shape index (κ1) is 25.7. The molecular weight excluding hydrogens is 513 g/mol. The maximum Gasteiger partial charge on any atom is 0.262 e. The van der Waals surface area contributed by atoms with Crippen molar-refractivity contribution in [2.24, 2.45) is 10.9 Å². The van der Waals surface area contributed by atoms with Gasteiger partial charge in [0.05, 0.1) is 18.7 Å². The van der Waals surface area contributed by atoms with Gasteiger partial charge in [-0.15, -0.1) is 0 Å². The number of aliphatic imine (C=N–C) groups is 1. The molecule has 0 unspecified atom stereocenters. The summed E-state index contributed by atoms with van der Waals surface area (Å²) in [4.78, 5) is 24.3. The van der Waals surface area contributed by atoms with E-state index in [1.54, 1.807) is 7.11 Å². The van der Waals surface area contributed by atoms with E-state index in [-0.39, 0.29) is 23.9 Å². The van der Waals surface area contributed by atoms with Crippen LogP contribution in [0, 0.1) is 5.92 Å². The van der Waals surface area contributed by atoms with E-state index >= 15 is 0 Å². The molecule has 0 aliphatic carbocycles. The number of halogens is 2. The number of amidine groups is 1. The van der Waals surface area contributed by atoms with Crippen LogP contribution in [0.25, 0.3) is 0 Å². The quantitative estimate of drug-likeness (QED) is 0.398. The topological polar surface area (TPSA) is 45.1 Å². The Morgan fingerprint density at radius 1 is 1.14 bits per heavy atom. The zero-order chi connectivity index (χ0) is 25.6. The Labute approximate surface area is 227 Å². The van der Waals surface area contributed by atoms with Gasteiger partial charge >= 0.3 is 0 Å². The molecule has 5 nitrogen and oxygen atoms in total. The molecule has 0 saturated carbocycles. The molecule has 3 aliphatic rings. The summed E-state index contributed by atoms with van der Waals surface area (Å²) in [5.74, 6) is 0.221. The third-order valence-electron chi connectivity index (χ3n) is 7.36. The number of ether oxygens (including phenoxy) is 1. The van der Waals surface area contributed by atoms with Crippen molar-refractivity contribution in [2.45, 2.75) is 51.2 Å². The van der Waals surface area contributed by atoms with Gasteiger partial charge < -0.3 is 14.5 Å². The lowest BCUT2D eigenvalue weighted by Crippen LogP contribution is -2.39. The molecule has 0 radical (unpaired) electrons. The second kappa shape index (κ2) is 10.1. The summed E-state index contributed by atoms with van der Waals surface area (Å²) >= 11 is 14.0. The van der Waals surface area contributed by atoms with Crippen molar-refractivity contribution < 1.29 is 9.53 Å². The smallest absolute Gasteiger partial charge is 0.262 e. The Morgan fingerprint density at radius 3 is 2.39 bits per heavy atom.